The normalized spacial score (nSPS) is 13.5. The van der Waals surface area contributed by atoms with Crippen LogP contribution in [0.1, 0.15) is 22.7 Å². The highest BCUT2D eigenvalue weighted by atomic mass is 35.5. The van der Waals surface area contributed by atoms with Gasteiger partial charge in [0.2, 0.25) is 0 Å². The number of esters is 1. The van der Waals surface area contributed by atoms with E-state index in [4.69, 9.17) is 27.9 Å². The van der Waals surface area contributed by atoms with E-state index in [-0.39, 0.29) is 0 Å². The van der Waals surface area contributed by atoms with Gasteiger partial charge in [-0.15, -0.1) is 0 Å². The van der Waals surface area contributed by atoms with E-state index in [1.807, 2.05) is 30.3 Å². The monoisotopic (exact) mass is 386 g/mol. The lowest BCUT2D eigenvalue weighted by Crippen LogP contribution is -2.18. The number of benzene rings is 2. The summed E-state index contributed by atoms with van der Waals surface area (Å²) in [7, 11) is 0. The molecule has 3 aromatic rings. The smallest absolute Gasteiger partial charge is 0.331 e. The van der Waals surface area contributed by atoms with Gasteiger partial charge in [0.05, 0.1) is 6.33 Å². The molecule has 26 heavy (non-hydrogen) atoms. The number of hydrogen-bond donors (Lipinski definition) is 0. The van der Waals surface area contributed by atoms with Gasteiger partial charge in [0, 0.05) is 23.5 Å². The fourth-order valence-electron chi connectivity index (χ4n) is 2.40. The number of hydrogen-bond acceptors (Lipinski definition) is 3. The average Bonchev–Trinajstić information content (AvgIpc) is 3.20. The number of ether oxygens (including phenoxy) is 1. The van der Waals surface area contributed by atoms with Crippen LogP contribution in [0.25, 0.3) is 6.08 Å². The summed E-state index contributed by atoms with van der Waals surface area (Å²) in [6.45, 7) is 0. The molecule has 4 nitrogen and oxygen atoms in total. The summed E-state index contributed by atoms with van der Waals surface area (Å²) in [6.07, 6.45) is 7.29. The number of aromatic nitrogens is 2. The number of nitrogens with zero attached hydrogens (tertiary/aromatic N) is 2. The number of carbonyl (C=O) groups is 1. The van der Waals surface area contributed by atoms with Crippen molar-refractivity contribution in [3.63, 3.8) is 0 Å². The van der Waals surface area contributed by atoms with Crippen LogP contribution in [-0.2, 0) is 9.53 Å². The van der Waals surface area contributed by atoms with Crippen LogP contribution >= 0.6 is 23.2 Å². The van der Waals surface area contributed by atoms with Gasteiger partial charge in [0.15, 0.2) is 6.10 Å². The van der Waals surface area contributed by atoms with Crippen molar-refractivity contribution >= 4 is 35.2 Å². The highest BCUT2D eigenvalue weighted by Crippen LogP contribution is 2.34. The zero-order valence-corrected chi connectivity index (χ0v) is 15.2. The molecule has 6 heteroatoms. The maximum Gasteiger partial charge on any atom is 0.331 e. The van der Waals surface area contributed by atoms with Gasteiger partial charge in [-0.3, -0.25) is 0 Å². The summed E-state index contributed by atoms with van der Waals surface area (Å²) in [5.74, 6) is -0.487. The number of carbonyl (C=O) groups excluding carboxylic acids is 1. The number of rotatable bonds is 6. The Morgan fingerprint density at radius 1 is 1.12 bits per heavy atom. The second-order valence-electron chi connectivity index (χ2n) is 5.54. The van der Waals surface area contributed by atoms with E-state index in [1.54, 1.807) is 53.6 Å². The topological polar surface area (TPSA) is 44.1 Å². The van der Waals surface area contributed by atoms with E-state index in [0.717, 1.165) is 11.1 Å². The van der Waals surface area contributed by atoms with Crippen molar-refractivity contribution in [2.45, 2.75) is 11.6 Å². The molecule has 0 saturated heterocycles. The molecular formula is C20H16Cl2N2O2. The lowest BCUT2D eigenvalue weighted by Gasteiger charge is -2.23. The second kappa shape index (κ2) is 8.70. The third kappa shape index (κ3) is 4.75. The van der Waals surface area contributed by atoms with Gasteiger partial charge < -0.3 is 9.30 Å². The zero-order chi connectivity index (χ0) is 18.4. The first-order valence-corrected chi connectivity index (χ1v) is 8.75. The molecule has 0 saturated carbocycles. The molecule has 1 aromatic heterocycles. The van der Waals surface area contributed by atoms with Crippen LogP contribution < -0.4 is 0 Å². The largest absolute Gasteiger partial charge is 0.451 e. The fraction of sp³-hybridized carbons (Fsp3) is 0.100. The van der Waals surface area contributed by atoms with E-state index in [1.165, 1.54) is 6.08 Å². The SMILES string of the molecule is O=C(C=Cc1ccccc1)OC(c1ccc(Cl)cc1)C(Cl)n1ccnc1. The van der Waals surface area contributed by atoms with Crippen LogP contribution in [0.4, 0.5) is 0 Å². The molecule has 3 rings (SSSR count). The van der Waals surface area contributed by atoms with Gasteiger partial charge in [-0.1, -0.05) is 65.7 Å². The molecule has 0 aliphatic rings. The van der Waals surface area contributed by atoms with E-state index < -0.39 is 17.6 Å². The minimum Gasteiger partial charge on any atom is -0.451 e. The van der Waals surface area contributed by atoms with Crippen molar-refractivity contribution in [2.75, 3.05) is 0 Å². The molecule has 0 spiro atoms. The molecule has 0 fully saturated rings. The first-order chi connectivity index (χ1) is 12.6. The summed E-state index contributed by atoms with van der Waals surface area (Å²) in [5.41, 5.74) is 1.00. The van der Waals surface area contributed by atoms with Crippen LogP contribution in [0.5, 0.6) is 0 Å². The average molecular weight is 387 g/mol. The van der Waals surface area contributed by atoms with E-state index in [9.17, 15) is 4.79 Å². The molecular weight excluding hydrogens is 371 g/mol. The van der Waals surface area contributed by atoms with Gasteiger partial charge >= 0.3 is 5.97 Å². The fourth-order valence-corrected chi connectivity index (χ4v) is 2.84. The van der Waals surface area contributed by atoms with Crippen molar-refractivity contribution < 1.29 is 9.53 Å². The van der Waals surface area contributed by atoms with Gasteiger partial charge in [0.25, 0.3) is 0 Å². The Balaban J connectivity index is 1.80. The van der Waals surface area contributed by atoms with Crippen molar-refractivity contribution in [1.82, 2.24) is 9.55 Å². The van der Waals surface area contributed by atoms with Gasteiger partial charge in [-0.05, 0) is 29.3 Å². The van der Waals surface area contributed by atoms with Crippen molar-refractivity contribution in [1.29, 1.82) is 0 Å². The number of halogens is 2. The lowest BCUT2D eigenvalue weighted by atomic mass is 10.1. The number of imidazole rings is 1. The Morgan fingerprint density at radius 3 is 2.50 bits per heavy atom. The predicted molar refractivity (Wildman–Crippen MR) is 103 cm³/mol. The molecule has 2 aromatic carbocycles. The van der Waals surface area contributed by atoms with Crippen LogP contribution in [0.3, 0.4) is 0 Å². The van der Waals surface area contributed by atoms with Gasteiger partial charge in [0.1, 0.15) is 5.50 Å². The highest BCUT2D eigenvalue weighted by Gasteiger charge is 2.26. The van der Waals surface area contributed by atoms with E-state index >= 15 is 0 Å². The van der Waals surface area contributed by atoms with Gasteiger partial charge in [-0.2, -0.15) is 0 Å². The third-order valence-corrected chi connectivity index (χ3v) is 4.42. The Morgan fingerprint density at radius 2 is 1.85 bits per heavy atom. The van der Waals surface area contributed by atoms with E-state index in [0.29, 0.717) is 5.02 Å². The van der Waals surface area contributed by atoms with Crippen LogP contribution in [0.15, 0.2) is 79.4 Å². The first kappa shape index (κ1) is 18.2. The Labute approximate surface area is 161 Å². The molecule has 0 aliphatic heterocycles. The Hall–Kier alpha value is -2.56. The highest BCUT2D eigenvalue weighted by molar-refractivity contribution is 6.30. The minimum absolute atomic E-state index is 0.487. The Kier molecular flexibility index (Phi) is 6.10. The zero-order valence-electron chi connectivity index (χ0n) is 13.7. The van der Waals surface area contributed by atoms with Gasteiger partial charge in [-0.25, -0.2) is 9.78 Å². The van der Waals surface area contributed by atoms with Crippen molar-refractivity contribution in [3.8, 4) is 0 Å². The second-order valence-corrected chi connectivity index (χ2v) is 6.42. The molecule has 0 N–H and O–H groups in total. The summed E-state index contributed by atoms with van der Waals surface area (Å²) < 4.78 is 7.31. The number of alkyl halides is 1. The molecule has 0 radical (unpaired) electrons. The quantitative estimate of drug-likeness (QED) is 0.329. The summed E-state index contributed by atoms with van der Waals surface area (Å²) in [5, 5.41) is 0.594. The van der Waals surface area contributed by atoms with Crippen LogP contribution in [0, 0.1) is 0 Å². The summed E-state index contributed by atoms with van der Waals surface area (Å²) in [6, 6.07) is 16.5. The molecule has 0 aliphatic carbocycles. The predicted octanol–water partition coefficient (Wildman–Crippen LogP) is 5.27. The Bertz CT molecular complexity index is 863. The van der Waals surface area contributed by atoms with Crippen molar-refractivity contribution in [3.05, 3.63) is 95.5 Å². The molecule has 2 atom stereocenters. The minimum atomic E-state index is -0.698. The molecule has 132 valence electrons. The maximum atomic E-state index is 12.3. The van der Waals surface area contributed by atoms with Crippen LogP contribution in [-0.4, -0.2) is 15.5 Å². The molecule has 0 bridgehead atoms. The van der Waals surface area contributed by atoms with E-state index in [2.05, 4.69) is 4.98 Å². The van der Waals surface area contributed by atoms with Crippen molar-refractivity contribution in [2.24, 2.45) is 0 Å². The standard InChI is InChI=1S/C20H16Cl2N2O2/c21-17-9-7-16(8-10-17)19(20(22)24-13-12-23-14-24)26-18(25)11-6-15-4-2-1-3-5-15/h1-14,19-20H. The first-order valence-electron chi connectivity index (χ1n) is 7.94. The summed E-state index contributed by atoms with van der Waals surface area (Å²) in [4.78, 5) is 16.3. The third-order valence-electron chi connectivity index (χ3n) is 3.71. The van der Waals surface area contributed by atoms with Crippen LogP contribution in [0.2, 0.25) is 5.02 Å². The lowest BCUT2D eigenvalue weighted by molar-refractivity contribution is -0.144. The molecule has 0 amide bonds. The molecule has 1 heterocycles. The summed E-state index contributed by atoms with van der Waals surface area (Å²) >= 11 is 12.5. The maximum absolute atomic E-state index is 12.3. The molecule has 2 unspecified atom stereocenters.